The van der Waals surface area contributed by atoms with Crippen LogP contribution in [0, 0.1) is 3.57 Å². The highest BCUT2D eigenvalue weighted by Crippen LogP contribution is 2.28. The molecule has 0 saturated heterocycles. The maximum Gasteiger partial charge on any atom is 0.0341 e. The van der Waals surface area contributed by atoms with E-state index in [4.69, 9.17) is 5.84 Å². The second-order valence-corrected chi connectivity index (χ2v) is 7.87. The highest BCUT2D eigenvalue weighted by atomic mass is 127. The van der Waals surface area contributed by atoms with Crippen molar-refractivity contribution in [3.05, 3.63) is 33.4 Å². The summed E-state index contributed by atoms with van der Waals surface area (Å²) in [4.78, 5) is 0. The standard InChI is InChI=1S/C15H23IN2S/c16-13-8-6-12(7-9-13)10-14(18-17)11-19-15-4-2-1-3-5-15/h6-9,14-15,18H,1-5,10-11,17H2. The summed E-state index contributed by atoms with van der Waals surface area (Å²) in [5.74, 6) is 6.82. The Morgan fingerprint density at radius 2 is 1.89 bits per heavy atom. The summed E-state index contributed by atoms with van der Waals surface area (Å²) in [6, 6.07) is 9.12. The van der Waals surface area contributed by atoms with Crippen LogP contribution in [0.1, 0.15) is 37.7 Å². The van der Waals surface area contributed by atoms with Crippen LogP contribution in [0.2, 0.25) is 0 Å². The van der Waals surface area contributed by atoms with Crippen molar-refractivity contribution in [2.45, 2.75) is 49.8 Å². The van der Waals surface area contributed by atoms with Crippen LogP contribution in [-0.4, -0.2) is 17.0 Å². The average molecular weight is 390 g/mol. The Balaban J connectivity index is 1.77. The van der Waals surface area contributed by atoms with Crippen molar-refractivity contribution in [3.63, 3.8) is 0 Å². The van der Waals surface area contributed by atoms with Gasteiger partial charge in [0.25, 0.3) is 0 Å². The summed E-state index contributed by atoms with van der Waals surface area (Å²) in [7, 11) is 0. The van der Waals surface area contributed by atoms with Gasteiger partial charge < -0.3 is 0 Å². The monoisotopic (exact) mass is 390 g/mol. The Kier molecular flexibility index (Phi) is 6.98. The minimum atomic E-state index is 0.381. The lowest BCUT2D eigenvalue weighted by Crippen LogP contribution is -2.39. The van der Waals surface area contributed by atoms with Gasteiger partial charge in [0.2, 0.25) is 0 Å². The molecule has 0 heterocycles. The molecule has 0 spiro atoms. The second kappa shape index (κ2) is 8.49. The van der Waals surface area contributed by atoms with Crippen molar-refractivity contribution in [1.29, 1.82) is 0 Å². The third-order valence-electron chi connectivity index (χ3n) is 3.72. The summed E-state index contributed by atoms with van der Waals surface area (Å²) >= 11 is 4.45. The molecule has 1 fully saturated rings. The third-order valence-corrected chi connectivity index (χ3v) is 5.97. The van der Waals surface area contributed by atoms with Crippen molar-refractivity contribution in [3.8, 4) is 0 Å². The zero-order chi connectivity index (χ0) is 13.5. The van der Waals surface area contributed by atoms with E-state index in [1.807, 2.05) is 0 Å². The van der Waals surface area contributed by atoms with E-state index in [9.17, 15) is 0 Å². The molecule has 0 aromatic heterocycles. The van der Waals surface area contributed by atoms with Gasteiger partial charge in [0.05, 0.1) is 0 Å². The molecule has 4 heteroatoms. The molecule has 2 rings (SSSR count). The van der Waals surface area contributed by atoms with E-state index in [-0.39, 0.29) is 0 Å². The molecule has 1 aromatic rings. The number of thioether (sulfide) groups is 1. The van der Waals surface area contributed by atoms with Gasteiger partial charge in [-0.25, -0.2) is 0 Å². The molecule has 0 radical (unpaired) electrons. The molecule has 3 N–H and O–H groups in total. The highest BCUT2D eigenvalue weighted by molar-refractivity contribution is 14.1. The number of nitrogens with one attached hydrogen (secondary N) is 1. The van der Waals surface area contributed by atoms with Crippen molar-refractivity contribution >= 4 is 34.4 Å². The van der Waals surface area contributed by atoms with Gasteiger partial charge in [0.1, 0.15) is 0 Å². The zero-order valence-electron chi connectivity index (χ0n) is 11.3. The van der Waals surface area contributed by atoms with Gasteiger partial charge in [-0.1, -0.05) is 31.4 Å². The van der Waals surface area contributed by atoms with Gasteiger partial charge in [0.15, 0.2) is 0 Å². The Bertz CT molecular complexity index is 363. The Morgan fingerprint density at radius 1 is 1.21 bits per heavy atom. The van der Waals surface area contributed by atoms with Gasteiger partial charge in [-0.15, -0.1) is 0 Å². The van der Waals surface area contributed by atoms with E-state index in [0.717, 1.165) is 17.4 Å². The predicted molar refractivity (Wildman–Crippen MR) is 93.3 cm³/mol. The van der Waals surface area contributed by atoms with Crippen LogP contribution < -0.4 is 11.3 Å². The summed E-state index contributed by atoms with van der Waals surface area (Å²) < 4.78 is 1.29. The molecular weight excluding hydrogens is 367 g/mol. The minimum absolute atomic E-state index is 0.381. The quantitative estimate of drug-likeness (QED) is 0.442. The van der Waals surface area contributed by atoms with Gasteiger partial charge in [-0.05, 0) is 59.5 Å². The van der Waals surface area contributed by atoms with E-state index in [0.29, 0.717) is 6.04 Å². The fraction of sp³-hybridized carbons (Fsp3) is 0.600. The third kappa shape index (κ3) is 5.61. The molecule has 1 atom stereocenters. The fourth-order valence-corrected chi connectivity index (χ4v) is 4.30. The van der Waals surface area contributed by atoms with Crippen molar-refractivity contribution in [1.82, 2.24) is 5.43 Å². The molecule has 0 bridgehead atoms. The van der Waals surface area contributed by atoms with Gasteiger partial charge in [-0.2, -0.15) is 11.8 Å². The lowest BCUT2D eigenvalue weighted by molar-refractivity contribution is 0.513. The molecule has 0 aliphatic heterocycles. The topological polar surface area (TPSA) is 38.0 Å². The van der Waals surface area contributed by atoms with Crippen LogP contribution in [0.3, 0.4) is 0 Å². The number of halogens is 1. The van der Waals surface area contributed by atoms with Crippen LogP contribution in [-0.2, 0) is 6.42 Å². The molecule has 1 aliphatic rings. The number of nitrogens with two attached hydrogens (primary N) is 1. The second-order valence-electron chi connectivity index (χ2n) is 5.29. The van der Waals surface area contributed by atoms with E-state index in [1.165, 1.54) is 41.2 Å². The van der Waals surface area contributed by atoms with Gasteiger partial charge >= 0.3 is 0 Å². The normalized spacial score (nSPS) is 18.4. The molecule has 1 aromatic carbocycles. The smallest absolute Gasteiger partial charge is 0.0341 e. The van der Waals surface area contributed by atoms with E-state index in [1.54, 1.807) is 0 Å². The Hall–Kier alpha value is 0.220. The van der Waals surface area contributed by atoms with Crippen LogP contribution >= 0.6 is 34.4 Å². The first-order valence-corrected chi connectivity index (χ1v) is 9.23. The van der Waals surface area contributed by atoms with E-state index < -0.39 is 0 Å². The first kappa shape index (κ1) is 15.6. The SMILES string of the molecule is NNC(CSC1CCCCC1)Cc1ccc(I)cc1. The molecule has 0 amide bonds. The van der Waals surface area contributed by atoms with Crippen LogP contribution in [0.4, 0.5) is 0 Å². The molecular formula is C15H23IN2S. The largest absolute Gasteiger partial charge is 0.271 e. The minimum Gasteiger partial charge on any atom is -0.271 e. The van der Waals surface area contributed by atoms with Gasteiger partial charge in [-0.3, -0.25) is 11.3 Å². The maximum atomic E-state index is 5.70. The summed E-state index contributed by atoms with van der Waals surface area (Å²) in [6.07, 6.45) is 8.06. The Morgan fingerprint density at radius 3 is 2.53 bits per heavy atom. The molecule has 19 heavy (non-hydrogen) atoms. The molecule has 106 valence electrons. The fourth-order valence-electron chi connectivity index (χ4n) is 2.56. The summed E-state index contributed by atoms with van der Waals surface area (Å²) in [6.45, 7) is 0. The molecule has 2 nitrogen and oxygen atoms in total. The maximum absolute atomic E-state index is 5.70. The van der Waals surface area contributed by atoms with E-state index in [2.05, 4.69) is 64.0 Å². The highest BCUT2D eigenvalue weighted by Gasteiger charge is 2.16. The summed E-state index contributed by atoms with van der Waals surface area (Å²) in [5, 5.41) is 0.862. The first-order chi connectivity index (χ1) is 9.28. The van der Waals surface area contributed by atoms with E-state index >= 15 is 0 Å². The number of hydrogen-bond donors (Lipinski definition) is 2. The summed E-state index contributed by atoms with van der Waals surface area (Å²) in [5.41, 5.74) is 4.35. The predicted octanol–water partition coefficient (Wildman–Crippen LogP) is 3.73. The zero-order valence-corrected chi connectivity index (χ0v) is 14.3. The number of benzene rings is 1. The molecule has 1 aliphatic carbocycles. The number of hydrazine groups is 1. The van der Waals surface area contributed by atoms with Crippen LogP contribution in [0.5, 0.6) is 0 Å². The lowest BCUT2D eigenvalue weighted by atomic mass is 10.0. The van der Waals surface area contributed by atoms with Crippen LogP contribution in [0.15, 0.2) is 24.3 Å². The van der Waals surface area contributed by atoms with Gasteiger partial charge in [0, 0.05) is 20.6 Å². The van der Waals surface area contributed by atoms with Crippen molar-refractivity contribution < 1.29 is 0 Å². The van der Waals surface area contributed by atoms with Crippen molar-refractivity contribution in [2.24, 2.45) is 5.84 Å². The average Bonchev–Trinajstić information content (AvgIpc) is 2.46. The molecule has 1 saturated carbocycles. The number of hydrogen-bond acceptors (Lipinski definition) is 3. The number of rotatable bonds is 6. The Labute approximate surface area is 134 Å². The first-order valence-electron chi connectivity index (χ1n) is 7.10. The van der Waals surface area contributed by atoms with Crippen molar-refractivity contribution in [2.75, 3.05) is 5.75 Å². The molecule has 1 unspecified atom stereocenters. The lowest BCUT2D eigenvalue weighted by Gasteiger charge is -2.23. The van der Waals surface area contributed by atoms with Crippen LogP contribution in [0.25, 0.3) is 0 Å².